The van der Waals surface area contributed by atoms with Gasteiger partial charge in [0.05, 0.1) is 30.9 Å². The van der Waals surface area contributed by atoms with Gasteiger partial charge in [-0.1, -0.05) is 0 Å². The fourth-order valence-electron chi connectivity index (χ4n) is 4.59. The highest BCUT2D eigenvalue weighted by molar-refractivity contribution is 7.13. The summed E-state index contributed by atoms with van der Waals surface area (Å²) in [4.78, 5) is 24.2. The van der Waals surface area contributed by atoms with E-state index >= 15 is 0 Å². The summed E-state index contributed by atoms with van der Waals surface area (Å²) in [5.41, 5.74) is 2.19. The summed E-state index contributed by atoms with van der Waals surface area (Å²) in [6, 6.07) is 4.35. The number of carbonyl (C=O) groups is 1. The van der Waals surface area contributed by atoms with Gasteiger partial charge >= 0.3 is 6.09 Å². The molecule has 2 aromatic heterocycles. The number of aromatic nitrogens is 2. The van der Waals surface area contributed by atoms with Crippen molar-refractivity contribution in [3.8, 4) is 16.3 Å². The molecule has 0 radical (unpaired) electrons. The first-order chi connectivity index (χ1) is 14.7. The summed E-state index contributed by atoms with van der Waals surface area (Å²) in [6.45, 7) is 2.43. The molecule has 6 heterocycles. The third-order valence-corrected chi connectivity index (χ3v) is 6.83. The molecule has 10 heteroatoms. The van der Waals surface area contributed by atoms with Crippen LogP contribution in [0.2, 0.25) is 0 Å². The minimum Gasteiger partial charge on any atom is -0.486 e. The van der Waals surface area contributed by atoms with E-state index in [-0.39, 0.29) is 18.2 Å². The van der Waals surface area contributed by atoms with E-state index in [4.69, 9.17) is 18.9 Å². The van der Waals surface area contributed by atoms with Crippen molar-refractivity contribution in [1.82, 2.24) is 14.9 Å². The Bertz CT molecular complexity index is 1080. The third-order valence-electron chi connectivity index (χ3n) is 6.02. The average Bonchev–Trinajstić information content (AvgIpc) is 3.49. The number of piperidine rings is 1. The maximum atomic E-state index is 11.4. The van der Waals surface area contributed by atoms with Crippen molar-refractivity contribution in [1.29, 1.82) is 0 Å². The van der Waals surface area contributed by atoms with Crippen molar-refractivity contribution in [2.24, 2.45) is 0 Å². The molecule has 4 fully saturated rings. The molecule has 4 saturated heterocycles. The zero-order valence-corrected chi connectivity index (χ0v) is 16.9. The van der Waals surface area contributed by atoms with Crippen LogP contribution in [-0.4, -0.2) is 70.6 Å². The molecule has 7 rings (SSSR count). The molecule has 4 aliphatic rings. The van der Waals surface area contributed by atoms with Crippen LogP contribution in [0.25, 0.3) is 21.7 Å². The topological polar surface area (TPSA) is 101 Å². The highest BCUT2D eigenvalue weighted by atomic mass is 32.1. The maximum Gasteiger partial charge on any atom is 0.407 e. The lowest BCUT2D eigenvalue weighted by molar-refractivity contribution is 0.0101. The molecule has 30 heavy (non-hydrogen) atoms. The fraction of sp³-hybridized carbons (Fsp3) is 0.450. The van der Waals surface area contributed by atoms with Crippen LogP contribution in [0.15, 0.2) is 28.1 Å². The van der Waals surface area contributed by atoms with Crippen molar-refractivity contribution < 1.29 is 23.8 Å². The van der Waals surface area contributed by atoms with Crippen LogP contribution in [-0.2, 0) is 4.74 Å². The van der Waals surface area contributed by atoms with Crippen molar-refractivity contribution in [3.05, 3.63) is 23.7 Å². The molecule has 0 saturated carbocycles. The zero-order chi connectivity index (χ0) is 20.2. The van der Waals surface area contributed by atoms with Crippen molar-refractivity contribution in [2.45, 2.75) is 31.0 Å². The maximum absolute atomic E-state index is 11.4. The summed E-state index contributed by atoms with van der Waals surface area (Å²) in [7, 11) is 0. The Morgan fingerprint density at radius 3 is 2.87 bits per heavy atom. The second-order valence-corrected chi connectivity index (χ2v) is 8.76. The summed E-state index contributed by atoms with van der Waals surface area (Å²) in [6.07, 6.45) is 2.66. The van der Waals surface area contributed by atoms with Gasteiger partial charge in [0, 0.05) is 31.1 Å². The predicted molar refractivity (Wildman–Crippen MR) is 109 cm³/mol. The number of carboxylic acid groups (broad SMARTS) is 1. The molecular formula is C20H20N4O5S. The van der Waals surface area contributed by atoms with Crippen LogP contribution in [0.4, 0.5) is 10.8 Å². The molecule has 1 aromatic carbocycles. The molecular weight excluding hydrogens is 408 g/mol. The quantitative estimate of drug-likeness (QED) is 0.677. The third kappa shape index (κ3) is 2.82. The molecule has 0 spiro atoms. The number of fused-ring (bicyclic) bond motifs is 3. The van der Waals surface area contributed by atoms with Gasteiger partial charge in [-0.25, -0.2) is 9.78 Å². The van der Waals surface area contributed by atoms with Gasteiger partial charge in [-0.05, 0) is 18.6 Å². The van der Waals surface area contributed by atoms with Crippen LogP contribution < -0.4 is 9.64 Å². The first kappa shape index (κ1) is 18.0. The van der Waals surface area contributed by atoms with Gasteiger partial charge < -0.3 is 23.9 Å². The minimum atomic E-state index is -0.853. The second-order valence-electron chi connectivity index (χ2n) is 7.86. The van der Waals surface area contributed by atoms with Crippen LogP contribution in [0.1, 0.15) is 12.8 Å². The van der Waals surface area contributed by atoms with E-state index in [1.165, 1.54) is 4.90 Å². The normalized spacial score (nSPS) is 25.5. The van der Waals surface area contributed by atoms with Gasteiger partial charge in [0.2, 0.25) is 0 Å². The molecule has 1 amide bonds. The first-order valence-electron chi connectivity index (χ1n) is 10.0. The molecule has 0 aliphatic carbocycles. The highest BCUT2D eigenvalue weighted by Crippen LogP contribution is 2.40. The average molecular weight is 428 g/mol. The Hall–Kier alpha value is -2.85. The van der Waals surface area contributed by atoms with Gasteiger partial charge in [0.1, 0.15) is 16.9 Å². The number of rotatable bonds is 4. The van der Waals surface area contributed by atoms with E-state index in [0.29, 0.717) is 49.2 Å². The number of anilines is 1. The number of ether oxygens (including phenoxy) is 2. The summed E-state index contributed by atoms with van der Waals surface area (Å²) in [5, 5.41) is 12.1. The lowest BCUT2D eigenvalue weighted by atomic mass is 9.88. The van der Waals surface area contributed by atoms with E-state index < -0.39 is 6.09 Å². The standard InChI is InChI=1S/C20H20N4O5S/c25-20(26)24-11-7-12(24)9-23(8-11)19-22-16-15(28-13-3-5-27-10-13)2-1-14(17(16)29-19)18-21-4-6-30-18/h1-2,4,6,11-13H,3,5,7-10H2,(H,25,26)/t11?,12?,13-/m0/s1. The van der Waals surface area contributed by atoms with Gasteiger partial charge in [-0.15, -0.1) is 11.3 Å². The number of oxazole rings is 1. The summed E-state index contributed by atoms with van der Waals surface area (Å²) < 4.78 is 17.8. The lowest BCUT2D eigenvalue weighted by Gasteiger charge is -2.54. The predicted octanol–water partition coefficient (Wildman–Crippen LogP) is 3.06. The fourth-order valence-corrected chi connectivity index (χ4v) is 5.25. The van der Waals surface area contributed by atoms with E-state index in [2.05, 4.69) is 4.98 Å². The molecule has 3 atom stereocenters. The van der Waals surface area contributed by atoms with Gasteiger partial charge in [0.25, 0.3) is 6.01 Å². The number of thiazole rings is 1. The molecule has 3 aromatic rings. The Kier molecular flexibility index (Phi) is 4.10. The van der Waals surface area contributed by atoms with Gasteiger partial charge in [0.15, 0.2) is 11.1 Å². The van der Waals surface area contributed by atoms with Crippen molar-refractivity contribution >= 4 is 34.5 Å². The van der Waals surface area contributed by atoms with E-state index in [1.54, 1.807) is 17.5 Å². The van der Waals surface area contributed by atoms with Gasteiger partial charge in [-0.2, -0.15) is 4.98 Å². The first-order valence-corrected chi connectivity index (χ1v) is 10.9. The number of piperazine rings is 1. The molecule has 9 nitrogen and oxygen atoms in total. The summed E-state index contributed by atoms with van der Waals surface area (Å²) >= 11 is 1.54. The van der Waals surface area contributed by atoms with Crippen LogP contribution >= 0.6 is 11.3 Å². The second kappa shape index (κ2) is 6.85. The number of amides is 1. The van der Waals surface area contributed by atoms with Crippen molar-refractivity contribution in [2.75, 3.05) is 31.2 Å². The van der Waals surface area contributed by atoms with Crippen LogP contribution in [0, 0.1) is 0 Å². The summed E-state index contributed by atoms with van der Waals surface area (Å²) in [5.74, 6) is 0.671. The number of hydrogen-bond acceptors (Lipinski definition) is 8. The monoisotopic (exact) mass is 428 g/mol. The Morgan fingerprint density at radius 1 is 1.30 bits per heavy atom. The van der Waals surface area contributed by atoms with E-state index in [1.807, 2.05) is 22.4 Å². The minimum absolute atomic E-state index is 0.00539. The van der Waals surface area contributed by atoms with Crippen LogP contribution in [0.5, 0.6) is 5.75 Å². The van der Waals surface area contributed by atoms with E-state index in [9.17, 15) is 9.90 Å². The van der Waals surface area contributed by atoms with Crippen molar-refractivity contribution in [3.63, 3.8) is 0 Å². The van der Waals surface area contributed by atoms with Crippen LogP contribution in [0.3, 0.4) is 0 Å². The number of benzene rings is 1. The lowest BCUT2D eigenvalue weighted by Crippen LogP contribution is -2.70. The molecule has 1 N–H and O–H groups in total. The molecule has 2 bridgehead atoms. The zero-order valence-electron chi connectivity index (χ0n) is 16.1. The molecule has 4 aliphatic heterocycles. The van der Waals surface area contributed by atoms with E-state index in [0.717, 1.165) is 23.4 Å². The Labute approximate surface area is 175 Å². The smallest absolute Gasteiger partial charge is 0.407 e. The number of hydrogen-bond donors (Lipinski definition) is 1. The molecule has 156 valence electrons. The SMILES string of the molecule is O=C(O)N1C2CC1CN(c1nc3c(O[C@H]4CCOC4)ccc(-c4nccs4)c3o1)C2. The largest absolute Gasteiger partial charge is 0.486 e. The molecule has 2 unspecified atom stereocenters. The van der Waals surface area contributed by atoms with Gasteiger partial charge in [-0.3, -0.25) is 4.90 Å². The Balaban J connectivity index is 1.37. The number of nitrogens with zero attached hydrogens (tertiary/aromatic N) is 4. The Morgan fingerprint density at radius 2 is 2.17 bits per heavy atom. The highest BCUT2D eigenvalue weighted by Gasteiger charge is 2.48.